The Morgan fingerprint density at radius 2 is 1.83 bits per heavy atom. The molecule has 0 saturated heterocycles. The van der Waals surface area contributed by atoms with Gasteiger partial charge in [-0.2, -0.15) is 0 Å². The zero-order valence-corrected chi connectivity index (χ0v) is 11.3. The Bertz CT molecular complexity index is 338. The summed E-state index contributed by atoms with van der Waals surface area (Å²) in [6.45, 7) is 5.55. The topological polar surface area (TPSA) is 57.6 Å². The van der Waals surface area contributed by atoms with Crippen molar-refractivity contribution < 1.29 is 14.7 Å². The first-order valence-electron chi connectivity index (χ1n) is 7.04. The fraction of sp³-hybridized carbons (Fsp3) is 0.857. The maximum atomic E-state index is 12.5. The molecule has 1 N–H and O–H groups in total. The van der Waals surface area contributed by atoms with E-state index in [9.17, 15) is 14.7 Å². The summed E-state index contributed by atoms with van der Waals surface area (Å²) < 4.78 is 0. The first kappa shape index (κ1) is 13.4. The minimum atomic E-state index is -0.805. The van der Waals surface area contributed by atoms with E-state index in [-0.39, 0.29) is 11.8 Å². The summed E-state index contributed by atoms with van der Waals surface area (Å²) >= 11 is 0. The van der Waals surface area contributed by atoms with Crippen LogP contribution in [0, 0.1) is 23.7 Å². The van der Waals surface area contributed by atoms with Gasteiger partial charge >= 0.3 is 5.97 Å². The second-order valence-electron chi connectivity index (χ2n) is 5.95. The molecule has 0 aliphatic heterocycles. The van der Waals surface area contributed by atoms with Gasteiger partial charge in [-0.1, -0.05) is 6.92 Å². The maximum absolute atomic E-state index is 12.5. The van der Waals surface area contributed by atoms with E-state index in [1.54, 1.807) is 0 Å². The lowest BCUT2D eigenvalue weighted by Gasteiger charge is -2.26. The van der Waals surface area contributed by atoms with Crippen molar-refractivity contribution in [2.24, 2.45) is 23.7 Å². The standard InChI is InChI=1S/C14H23NO3/c1-3-15(8-10-4-5-10)13(16)11-6-9(2)7-12(11)14(17)18/h9-12H,3-8H2,1-2H3,(H,17,18)/t9?,11-,12+/m0/s1. The molecule has 2 rings (SSSR count). The van der Waals surface area contributed by atoms with E-state index < -0.39 is 11.9 Å². The van der Waals surface area contributed by atoms with Crippen LogP contribution in [0.15, 0.2) is 0 Å². The molecule has 0 spiro atoms. The first-order valence-corrected chi connectivity index (χ1v) is 7.04. The van der Waals surface area contributed by atoms with E-state index in [0.29, 0.717) is 24.8 Å². The second-order valence-corrected chi connectivity index (χ2v) is 5.95. The number of carboxylic acids is 1. The van der Waals surface area contributed by atoms with Crippen molar-refractivity contribution >= 4 is 11.9 Å². The number of nitrogens with zero attached hydrogens (tertiary/aromatic N) is 1. The average molecular weight is 253 g/mol. The largest absolute Gasteiger partial charge is 0.481 e. The van der Waals surface area contributed by atoms with E-state index in [4.69, 9.17) is 0 Å². The van der Waals surface area contributed by atoms with Gasteiger partial charge in [0.15, 0.2) is 0 Å². The summed E-state index contributed by atoms with van der Waals surface area (Å²) in [5.41, 5.74) is 0. The molecule has 0 aromatic heterocycles. The van der Waals surface area contributed by atoms with Crippen molar-refractivity contribution in [2.45, 2.75) is 39.5 Å². The Balaban J connectivity index is 2.02. The fourth-order valence-electron chi connectivity index (χ4n) is 3.06. The van der Waals surface area contributed by atoms with Crippen LogP contribution >= 0.6 is 0 Å². The molecule has 3 atom stereocenters. The Morgan fingerprint density at radius 1 is 1.22 bits per heavy atom. The van der Waals surface area contributed by atoms with Gasteiger partial charge < -0.3 is 10.0 Å². The van der Waals surface area contributed by atoms with Crippen LogP contribution in [0.1, 0.15) is 39.5 Å². The van der Waals surface area contributed by atoms with E-state index in [1.165, 1.54) is 12.8 Å². The van der Waals surface area contributed by atoms with E-state index in [0.717, 1.165) is 13.0 Å². The normalized spacial score (nSPS) is 31.3. The van der Waals surface area contributed by atoms with Crippen molar-refractivity contribution in [2.75, 3.05) is 13.1 Å². The summed E-state index contributed by atoms with van der Waals surface area (Å²) in [7, 11) is 0. The van der Waals surface area contributed by atoms with E-state index >= 15 is 0 Å². The smallest absolute Gasteiger partial charge is 0.307 e. The third-order valence-electron chi connectivity index (χ3n) is 4.30. The van der Waals surface area contributed by atoms with Crippen LogP contribution < -0.4 is 0 Å². The molecule has 2 fully saturated rings. The van der Waals surface area contributed by atoms with Crippen LogP contribution in [-0.4, -0.2) is 35.0 Å². The Labute approximate surface area is 108 Å². The molecular weight excluding hydrogens is 230 g/mol. The third kappa shape index (κ3) is 2.85. The number of hydrogen-bond acceptors (Lipinski definition) is 2. The molecule has 2 aliphatic carbocycles. The fourth-order valence-corrected chi connectivity index (χ4v) is 3.06. The van der Waals surface area contributed by atoms with Crippen LogP contribution in [-0.2, 0) is 9.59 Å². The van der Waals surface area contributed by atoms with E-state index in [1.807, 2.05) is 18.7 Å². The molecule has 0 bridgehead atoms. The molecule has 0 radical (unpaired) electrons. The van der Waals surface area contributed by atoms with Gasteiger partial charge in [-0.05, 0) is 44.4 Å². The zero-order chi connectivity index (χ0) is 13.3. The van der Waals surface area contributed by atoms with Crippen molar-refractivity contribution in [3.63, 3.8) is 0 Å². The van der Waals surface area contributed by atoms with Gasteiger partial charge in [-0.15, -0.1) is 0 Å². The van der Waals surface area contributed by atoms with Crippen LogP contribution in [0.5, 0.6) is 0 Å². The number of rotatable bonds is 5. The minimum absolute atomic E-state index is 0.0705. The monoisotopic (exact) mass is 253 g/mol. The number of hydrogen-bond donors (Lipinski definition) is 1. The third-order valence-corrected chi connectivity index (χ3v) is 4.30. The lowest BCUT2D eigenvalue weighted by atomic mass is 9.94. The first-order chi connectivity index (χ1) is 8.52. The average Bonchev–Trinajstić information content (AvgIpc) is 3.05. The molecule has 2 saturated carbocycles. The summed E-state index contributed by atoms with van der Waals surface area (Å²) in [6.07, 6.45) is 3.81. The summed E-state index contributed by atoms with van der Waals surface area (Å²) in [5.74, 6) is -0.492. The summed E-state index contributed by atoms with van der Waals surface area (Å²) in [6, 6.07) is 0. The number of carboxylic acid groups (broad SMARTS) is 1. The molecule has 0 aromatic rings. The highest BCUT2D eigenvalue weighted by molar-refractivity contribution is 5.85. The van der Waals surface area contributed by atoms with Gasteiger partial charge in [0.25, 0.3) is 0 Å². The van der Waals surface area contributed by atoms with Gasteiger partial charge in [-0.25, -0.2) is 0 Å². The van der Waals surface area contributed by atoms with Gasteiger partial charge in [0.05, 0.1) is 11.8 Å². The van der Waals surface area contributed by atoms with Crippen molar-refractivity contribution in [1.29, 1.82) is 0 Å². The van der Waals surface area contributed by atoms with Crippen LogP contribution in [0.2, 0.25) is 0 Å². The van der Waals surface area contributed by atoms with Crippen molar-refractivity contribution in [3.8, 4) is 0 Å². The number of carbonyl (C=O) groups excluding carboxylic acids is 1. The maximum Gasteiger partial charge on any atom is 0.307 e. The highest BCUT2D eigenvalue weighted by Gasteiger charge is 2.43. The molecule has 4 nitrogen and oxygen atoms in total. The predicted molar refractivity (Wildman–Crippen MR) is 68.0 cm³/mol. The lowest BCUT2D eigenvalue weighted by molar-refractivity contribution is -0.149. The molecule has 102 valence electrons. The SMILES string of the molecule is CCN(CC1CC1)C(=O)[C@H]1CC(C)C[C@H]1C(=O)O. The van der Waals surface area contributed by atoms with Crippen molar-refractivity contribution in [1.82, 2.24) is 4.90 Å². The molecule has 1 amide bonds. The minimum Gasteiger partial charge on any atom is -0.481 e. The zero-order valence-electron chi connectivity index (χ0n) is 11.3. The number of amides is 1. The van der Waals surface area contributed by atoms with Crippen LogP contribution in [0.3, 0.4) is 0 Å². The Morgan fingerprint density at radius 3 is 2.33 bits per heavy atom. The van der Waals surface area contributed by atoms with Gasteiger partial charge in [-0.3, -0.25) is 9.59 Å². The van der Waals surface area contributed by atoms with Gasteiger partial charge in [0.2, 0.25) is 5.91 Å². The highest BCUT2D eigenvalue weighted by atomic mass is 16.4. The Hall–Kier alpha value is -1.06. The lowest BCUT2D eigenvalue weighted by Crippen LogP contribution is -2.40. The second kappa shape index (κ2) is 5.29. The molecule has 18 heavy (non-hydrogen) atoms. The molecule has 1 unspecified atom stereocenters. The van der Waals surface area contributed by atoms with Gasteiger partial charge in [0, 0.05) is 13.1 Å². The predicted octanol–water partition coefficient (Wildman–Crippen LogP) is 1.99. The van der Waals surface area contributed by atoms with E-state index in [2.05, 4.69) is 0 Å². The molecule has 0 heterocycles. The number of aliphatic carboxylic acids is 1. The van der Waals surface area contributed by atoms with Crippen LogP contribution in [0.25, 0.3) is 0 Å². The Kier molecular flexibility index (Phi) is 3.93. The van der Waals surface area contributed by atoms with Crippen LogP contribution in [0.4, 0.5) is 0 Å². The van der Waals surface area contributed by atoms with Gasteiger partial charge in [0.1, 0.15) is 0 Å². The number of carbonyl (C=O) groups is 2. The summed E-state index contributed by atoms with van der Waals surface area (Å²) in [4.78, 5) is 25.6. The highest BCUT2D eigenvalue weighted by Crippen LogP contribution is 2.38. The molecule has 4 heteroatoms. The quantitative estimate of drug-likeness (QED) is 0.815. The molecule has 0 aromatic carbocycles. The molecular formula is C14H23NO3. The molecule has 2 aliphatic rings. The van der Waals surface area contributed by atoms with Crippen molar-refractivity contribution in [3.05, 3.63) is 0 Å². The summed E-state index contributed by atoms with van der Waals surface area (Å²) in [5, 5.41) is 9.23.